The summed E-state index contributed by atoms with van der Waals surface area (Å²) < 4.78 is 5.65. The first-order valence-corrected chi connectivity index (χ1v) is 6.18. The molecule has 2 N–H and O–H groups in total. The summed E-state index contributed by atoms with van der Waals surface area (Å²) in [4.78, 5) is 3.14. The van der Waals surface area contributed by atoms with E-state index in [1.165, 1.54) is 0 Å². The summed E-state index contributed by atoms with van der Waals surface area (Å²) in [5, 5.41) is 0. The first kappa shape index (κ1) is 12.9. The molecule has 1 aliphatic rings. The van der Waals surface area contributed by atoms with Crippen LogP contribution < -0.4 is 5.73 Å². The number of rotatable bonds is 5. The highest BCUT2D eigenvalue weighted by atomic mass is 32.1. The smallest absolute Gasteiger partial charge is 0.0727 e. The van der Waals surface area contributed by atoms with Gasteiger partial charge in [0.05, 0.1) is 17.7 Å². The van der Waals surface area contributed by atoms with Crippen LogP contribution in [0, 0.1) is 0 Å². The number of nitrogens with zero attached hydrogens (tertiary/aromatic N) is 1. The van der Waals surface area contributed by atoms with Crippen molar-refractivity contribution in [2.75, 3.05) is 19.7 Å². The molecule has 1 heterocycles. The Balaban J connectivity index is 2.31. The van der Waals surface area contributed by atoms with E-state index in [1.54, 1.807) is 0 Å². The molecule has 0 bridgehead atoms. The molecule has 0 radical (unpaired) electrons. The lowest BCUT2D eigenvalue weighted by atomic mass is 10.1. The molecular weight excluding hydrogens is 208 g/mol. The molecule has 3 nitrogen and oxygen atoms in total. The van der Waals surface area contributed by atoms with Crippen molar-refractivity contribution in [1.82, 2.24) is 4.90 Å². The van der Waals surface area contributed by atoms with Gasteiger partial charge in [0.1, 0.15) is 0 Å². The first-order chi connectivity index (χ1) is 7.13. The van der Waals surface area contributed by atoms with E-state index in [0.717, 1.165) is 39.0 Å². The van der Waals surface area contributed by atoms with Gasteiger partial charge in [-0.05, 0) is 32.7 Å². The zero-order valence-corrected chi connectivity index (χ0v) is 10.6. The van der Waals surface area contributed by atoms with Crippen LogP contribution in [0.3, 0.4) is 0 Å². The molecule has 2 unspecified atom stereocenters. The number of morpholine rings is 1. The van der Waals surface area contributed by atoms with Crippen molar-refractivity contribution in [3.05, 3.63) is 0 Å². The van der Waals surface area contributed by atoms with Crippen LogP contribution in [0.15, 0.2) is 0 Å². The molecule has 0 aromatic rings. The van der Waals surface area contributed by atoms with Gasteiger partial charge in [0, 0.05) is 12.6 Å². The van der Waals surface area contributed by atoms with Crippen molar-refractivity contribution in [3.8, 4) is 0 Å². The van der Waals surface area contributed by atoms with Crippen molar-refractivity contribution >= 4 is 17.2 Å². The van der Waals surface area contributed by atoms with Crippen LogP contribution >= 0.6 is 12.2 Å². The van der Waals surface area contributed by atoms with E-state index in [-0.39, 0.29) is 0 Å². The number of nitrogens with two attached hydrogens (primary N) is 1. The summed E-state index contributed by atoms with van der Waals surface area (Å²) in [6, 6.07) is 0.576. The van der Waals surface area contributed by atoms with Gasteiger partial charge >= 0.3 is 0 Å². The van der Waals surface area contributed by atoms with Crippen molar-refractivity contribution in [1.29, 1.82) is 0 Å². The summed E-state index contributed by atoms with van der Waals surface area (Å²) in [7, 11) is 0. The minimum absolute atomic E-state index is 0.359. The van der Waals surface area contributed by atoms with Crippen molar-refractivity contribution in [2.45, 2.75) is 45.3 Å². The van der Waals surface area contributed by atoms with Crippen LogP contribution in [0.1, 0.15) is 33.1 Å². The van der Waals surface area contributed by atoms with E-state index in [1.807, 2.05) is 0 Å². The molecule has 0 amide bonds. The van der Waals surface area contributed by atoms with Crippen LogP contribution in [0.5, 0.6) is 0 Å². The SMILES string of the molecule is CCC1COC(C)CN1CCCC(N)=S. The van der Waals surface area contributed by atoms with Gasteiger partial charge in [-0.1, -0.05) is 19.1 Å². The maximum Gasteiger partial charge on any atom is 0.0727 e. The highest BCUT2D eigenvalue weighted by molar-refractivity contribution is 7.80. The second-order valence-electron chi connectivity index (χ2n) is 4.27. The minimum atomic E-state index is 0.359. The lowest BCUT2D eigenvalue weighted by Crippen LogP contribution is -2.48. The standard InChI is InChI=1S/C11H22N2OS/c1-3-10-8-14-9(2)7-13(10)6-4-5-11(12)15/h9-10H,3-8H2,1-2H3,(H2,12,15). The van der Waals surface area contributed by atoms with Crippen LogP contribution in [-0.4, -0.2) is 41.7 Å². The Morgan fingerprint density at radius 3 is 2.93 bits per heavy atom. The summed E-state index contributed by atoms with van der Waals surface area (Å²) in [6.45, 7) is 7.33. The Morgan fingerprint density at radius 1 is 1.60 bits per heavy atom. The molecule has 0 aromatic heterocycles. The van der Waals surface area contributed by atoms with Gasteiger partial charge in [-0.2, -0.15) is 0 Å². The molecule has 1 fully saturated rings. The average Bonchev–Trinajstić information content (AvgIpc) is 2.17. The molecule has 0 aromatic carbocycles. The van der Waals surface area contributed by atoms with Crippen molar-refractivity contribution in [2.24, 2.45) is 5.73 Å². The molecule has 1 rings (SSSR count). The number of hydrogen-bond acceptors (Lipinski definition) is 3. The zero-order valence-electron chi connectivity index (χ0n) is 9.74. The van der Waals surface area contributed by atoms with Gasteiger partial charge in [-0.15, -0.1) is 0 Å². The Hall–Kier alpha value is -0.190. The highest BCUT2D eigenvalue weighted by Crippen LogP contribution is 2.14. The van der Waals surface area contributed by atoms with E-state index in [4.69, 9.17) is 22.7 Å². The van der Waals surface area contributed by atoms with Gasteiger partial charge in [0.15, 0.2) is 0 Å². The first-order valence-electron chi connectivity index (χ1n) is 5.77. The largest absolute Gasteiger partial charge is 0.393 e. The Bertz CT molecular complexity index is 211. The fraction of sp³-hybridized carbons (Fsp3) is 0.909. The third-order valence-corrected chi connectivity index (χ3v) is 3.13. The van der Waals surface area contributed by atoms with E-state index in [9.17, 15) is 0 Å². The summed E-state index contributed by atoms with van der Waals surface area (Å²) in [5.74, 6) is 0. The fourth-order valence-electron chi connectivity index (χ4n) is 2.02. The normalized spacial score (nSPS) is 27.9. The minimum Gasteiger partial charge on any atom is -0.393 e. The van der Waals surface area contributed by atoms with Gasteiger partial charge in [-0.3, -0.25) is 4.90 Å². The van der Waals surface area contributed by atoms with Crippen LogP contribution in [0.4, 0.5) is 0 Å². The van der Waals surface area contributed by atoms with E-state index < -0.39 is 0 Å². The molecule has 2 atom stereocenters. The van der Waals surface area contributed by atoms with Crippen molar-refractivity contribution in [3.63, 3.8) is 0 Å². The van der Waals surface area contributed by atoms with E-state index in [2.05, 4.69) is 18.7 Å². The highest BCUT2D eigenvalue weighted by Gasteiger charge is 2.24. The molecule has 0 aliphatic carbocycles. The van der Waals surface area contributed by atoms with Gasteiger partial charge in [-0.25, -0.2) is 0 Å². The van der Waals surface area contributed by atoms with Crippen LogP contribution in [0.2, 0.25) is 0 Å². The molecule has 0 saturated carbocycles. The third-order valence-electron chi connectivity index (χ3n) is 2.92. The summed E-state index contributed by atoms with van der Waals surface area (Å²) in [5.41, 5.74) is 5.49. The van der Waals surface area contributed by atoms with E-state index >= 15 is 0 Å². The maximum atomic E-state index is 5.65. The average molecular weight is 230 g/mol. The number of hydrogen-bond donors (Lipinski definition) is 1. The Morgan fingerprint density at radius 2 is 2.33 bits per heavy atom. The lowest BCUT2D eigenvalue weighted by Gasteiger charge is -2.38. The number of thiocarbonyl (C=S) groups is 1. The fourth-order valence-corrected chi connectivity index (χ4v) is 2.16. The number of ether oxygens (including phenoxy) is 1. The van der Waals surface area contributed by atoms with E-state index in [0.29, 0.717) is 17.1 Å². The predicted molar refractivity (Wildman–Crippen MR) is 67.1 cm³/mol. The topological polar surface area (TPSA) is 38.5 Å². The molecule has 1 saturated heterocycles. The molecule has 0 spiro atoms. The predicted octanol–water partition coefficient (Wildman–Crippen LogP) is 1.55. The molecule has 1 aliphatic heterocycles. The second kappa shape index (κ2) is 6.40. The summed E-state index contributed by atoms with van der Waals surface area (Å²) in [6.07, 6.45) is 3.44. The van der Waals surface area contributed by atoms with Gasteiger partial charge in [0.25, 0.3) is 0 Å². The maximum absolute atomic E-state index is 5.65. The summed E-state index contributed by atoms with van der Waals surface area (Å²) >= 11 is 4.88. The van der Waals surface area contributed by atoms with Gasteiger partial charge < -0.3 is 10.5 Å². The van der Waals surface area contributed by atoms with Crippen LogP contribution in [0.25, 0.3) is 0 Å². The Kier molecular flexibility index (Phi) is 5.50. The zero-order chi connectivity index (χ0) is 11.3. The monoisotopic (exact) mass is 230 g/mol. The second-order valence-corrected chi connectivity index (χ2v) is 4.80. The molecule has 4 heteroatoms. The molecule has 15 heavy (non-hydrogen) atoms. The molecule has 88 valence electrons. The van der Waals surface area contributed by atoms with Crippen molar-refractivity contribution < 1.29 is 4.74 Å². The quantitative estimate of drug-likeness (QED) is 0.727. The van der Waals surface area contributed by atoms with Crippen LogP contribution in [-0.2, 0) is 4.74 Å². The lowest BCUT2D eigenvalue weighted by molar-refractivity contribution is -0.0557. The Labute approximate surface area is 98.0 Å². The van der Waals surface area contributed by atoms with Gasteiger partial charge in [0.2, 0.25) is 0 Å². The molecular formula is C11H22N2OS. The third kappa shape index (κ3) is 4.45.